The van der Waals surface area contributed by atoms with Gasteiger partial charge in [0.25, 0.3) is 0 Å². The van der Waals surface area contributed by atoms with Gasteiger partial charge >= 0.3 is 6.03 Å². The Morgan fingerprint density at radius 1 is 1.07 bits per heavy atom. The zero-order valence-corrected chi connectivity index (χ0v) is 16.9. The first-order valence-electron chi connectivity index (χ1n) is 10.1. The van der Waals surface area contributed by atoms with E-state index >= 15 is 0 Å². The van der Waals surface area contributed by atoms with E-state index in [1.165, 1.54) is 5.56 Å². The summed E-state index contributed by atoms with van der Waals surface area (Å²) in [6.45, 7) is 8.18. The van der Waals surface area contributed by atoms with E-state index in [0.717, 1.165) is 52.4 Å². The number of likely N-dealkylation sites (N-methyl/N-ethyl adjacent to an activating group) is 2. The molecule has 4 bridgehead atoms. The Kier molecular flexibility index (Phi) is 5.14. The standard InChI is InChI=1S/C21H33N5O/c1-23(2)9-10-24(3)20(27)22-19-17-13-25-11-12-26(14-17)16-21(19,15-25)18-7-5-4-6-8-18/h4-8,17,19H,9-16H2,1-3H3,(H,22,27). The second-order valence-corrected chi connectivity index (χ2v) is 8.90. The number of piperidine rings is 2. The van der Waals surface area contributed by atoms with Crippen LogP contribution in [0.5, 0.6) is 0 Å². The topological polar surface area (TPSA) is 42.1 Å². The summed E-state index contributed by atoms with van der Waals surface area (Å²) in [4.78, 5) is 22.2. The van der Waals surface area contributed by atoms with Crippen molar-refractivity contribution in [1.82, 2.24) is 24.9 Å². The summed E-state index contributed by atoms with van der Waals surface area (Å²) in [6.07, 6.45) is 0. The van der Waals surface area contributed by atoms with E-state index in [-0.39, 0.29) is 17.5 Å². The number of hydrogen-bond donors (Lipinski definition) is 1. The van der Waals surface area contributed by atoms with Crippen LogP contribution in [0.3, 0.4) is 0 Å². The molecule has 4 heterocycles. The Morgan fingerprint density at radius 3 is 2.30 bits per heavy atom. The molecule has 3 atom stereocenters. The highest BCUT2D eigenvalue weighted by Gasteiger charge is 2.55. The van der Waals surface area contributed by atoms with Crippen LogP contribution in [0, 0.1) is 5.92 Å². The average molecular weight is 372 g/mol. The molecule has 1 aromatic rings. The van der Waals surface area contributed by atoms with Gasteiger partial charge in [0.05, 0.1) is 0 Å². The second-order valence-electron chi connectivity index (χ2n) is 8.90. The minimum Gasteiger partial charge on any atom is -0.334 e. The largest absolute Gasteiger partial charge is 0.334 e. The van der Waals surface area contributed by atoms with Crippen LogP contribution in [-0.2, 0) is 5.41 Å². The normalized spacial score (nSPS) is 34.5. The Bertz CT molecular complexity index is 648. The predicted molar refractivity (Wildman–Crippen MR) is 108 cm³/mol. The molecule has 4 aliphatic rings. The van der Waals surface area contributed by atoms with Gasteiger partial charge in [-0.3, -0.25) is 0 Å². The van der Waals surface area contributed by atoms with Crippen molar-refractivity contribution in [2.45, 2.75) is 11.5 Å². The van der Waals surface area contributed by atoms with E-state index in [4.69, 9.17) is 0 Å². The molecule has 4 aliphatic heterocycles. The van der Waals surface area contributed by atoms with Gasteiger partial charge in [0.15, 0.2) is 0 Å². The van der Waals surface area contributed by atoms with Crippen molar-refractivity contribution in [1.29, 1.82) is 0 Å². The highest BCUT2D eigenvalue weighted by Crippen LogP contribution is 2.43. The Labute approximate surface area is 163 Å². The predicted octanol–water partition coefficient (Wildman–Crippen LogP) is 0.757. The number of nitrogens with zero attached hydrogens (tertiary/aromatic N) is 4. The van der Waals surface area contributed by atoms with E-state index in [1.807, 2.05) is 26.0 Å². The Balaban J connectivity index is 1.59. The fourth-order valence-electron chi connectivity index (χ4n) is 5.26. The van der Waals surface area contributed by atoms with Gasteiger partial charge in [-0.2, -0.15) is 0 Å². The van der Waals surface area contributed by atoms with Crippen LogP contribution >= 0.6 is 0 Å². The first-order chi connectivity index (χ1) is 13.0. The Morgan fingerprint density at radius 2 is 1.70 bits per heavy atom. The molecule has 2 amide bonds. The highest BCUT2D eigenvalue weighted by molar-refractivity contribution is 5.74. The zero-order chi connectivity index (χ0) is 19.0. The summed E-state index contributed by atoms with van der Waals surface area (Å²) in [5, 5.41) is 3.47. The van der Waals surface area contributed by atoms with Crippen molar-refractivity contribution >= 4 is 6.03 Å². The van der Waals surface area contributed by atoms with Crippen molar-refractivity contribution in [2.24, 2.45) is 5.92 Å². The van der Waals surface area contributed by atoms with Crippen LogP contribution in [0.15, 0.2) is 30.3 Å². The summed E-state index contributed by atoms with van der Waals surface area (Å²) < 4.78 is 0. The van der Waals surface area contributed by atoms with Crippen LogP contribution in [-0.4, -0.2) is 105 Å². The number of amides is 2. The van der Waals surface area contributed by atoms with Crippen LogP contribution in [0.2, 0.25) is 0 Å². The highest BCUT2D eigenvalue weighted by atomic mass is 16.2. The molecule has 5 rings (SSSR count). The molecule has 4 saturated heterocycles. The third-order valence-corrected chi connectivity index (χ3v) is 6.65. The molecule has 3 unspecified atom stereocenters. The van der Waals surface area contributed by atoms with Crippen molar-refractivity contribution in [2.75, 3.05) is 73.5 Å². The van der Waals surface area contributed by atoms with E-state index in [9.17, 15) is 4.79 Å². The summed E-state index contributed by atoms with van der Waals surface area (Å²) >= 11 is 0. The fraction of sp³-hybridized carbons (Fsp3) is 0.667. The molecule has 0 aromatic heterocycles. The first-order valence-corrected chi connectivity index (χ1v) is 10.1. The SMILES string of the molecule is CN(C)CCN(C)C(=O)NC1C2CN3CCN(C2)CC1(c1ccccc1)C3. The fourth-order valence-corrected chi connectivity index (χ4v) is 5.26. The number of hydrogen-bond acceptors (Lipinski definition) is 4. The van der Waals surface area contributed by atoms with Gasteiger partial charge in [-0.05, 0) is 19.7 Å². The number of benzene rings is 1. The first kappa shape index (κ1) is 18.7. The maximum absolute atomic E-state index is 13.0. The monoisotopic (exact) mass is 371 g/mol. The lowest BCUT2D eigenvalue weighted by Gasteiger charge is -2.56. The molecule has 6 nitrogen and oxygen atoms in total. The summed E-state index contributed by atoms with van der Waals surface area (Å²) in [5.41, 5.74) is 1.35. The van der Waals surface area contributed by atoms with Crippen LogP contribution in [0.1, 0.15) is 5.56 Å². The van der Waals surface area contributed by atoms with E-state index in [0.29, 0.717) is 5.92 Å². The number of fused-ring (bicyclic) bond motifs is 1. The number of urea groups is 1. The minimum absolute atomic E-state index is 0.0169. The van der Waals surface area contributed by atoms with Gasteiger partial charge in [-0.25, -0.2) is 4.79 Å². The lowest BCUT2D eigenvalue weighted by atomic mass is 9.64. The third kappa shape index (κ3) is 3.58. The Hall–Kier alpha value is -1.63. The van der Waals surface area contributed by atoms with Gasteiger partial charge in [0, 0.05) is 76.8 Å². The summed E-state index contributed by atoms with van der Waals surface area (Å²) in [6, 6.07) is 11.1. The molecule has 27 heavy (non-hydrogen) atoms. The lowest BCUT2D eigenvalue weighted by molar-refractivity contribution is 0.0211. The molecule has 1 aromatic carbocycles. The number of carbonyl (C=O) groups excluding carboxylic acids is 1. The quantitative estimate of drug-likeness (QED) is 0.830. The van der Waals surface area contributed by atoms with E-state index in [2.05, 4.69) is 50.3 Å². The molecule has 4 fully saturated rings. The van der Waals surface area contributed by atoms with Crippen LogP contribution in [0.25, 0.3) is 0 Å². The maximum Gasteiger partial charge on any atom is 0.317 e. The van der Waals surface area contributed by atoms with Crippen molar-refractivity contribution in [3.8, 4) is 0 Å². The number of carbonyl (C=O) groups is 1. The molecular weight excluding hydrogens is 338 g/mol. The average Bonchev–Trinajstić information content (AvgIpc) is 2.91. The van der Waals surface area contributed by atoms with Gasteiger partial charge < -0.3 is 24.9 Å². The van der Waals surface area contributed by atoms with Gasteiger partial charge in [-0.1, -0.05) is 30.3 Å². The molecule has 148 valence electrons. The third-order valence-electron chi connectivity index (χ3n) is 6.65. The van der Waals surface area contributed by atoms with Gasteiger partial charge in [0.1, 0.15) is 0 Å². The molecule has 6 heteroatoms. The second kappa shape index (κ2) is 7.41. The van der Waals surface area contributed by atoms with Crippen molar-refractivity contribution < 1.29 is 4.79 Å². The maximum atomic E-state index is 13.0. The molecule has 0 aliphatic carbocycles. The minimum atomic E-state index is -0.0169. The zero-order valence-electron chi connectivity index (χ0n) is 16.9. The van der Waals surface area contributed by atoms with Gasteiger partial charge in [-0.15, -0.1) is 0 Å². The summed E-state index contributed by atoms with van der Waals surface area (Å²) in [5.74, 6) is 0.487. The van der Waals surface area contributed by atoms with Gasteiger partial charge in [0.2, 0.25) is 0 Å². The van der Waals surface area contributed by atoms with E-state index < -0.39 is 0 Å². The van der Waals surface area contributed by atoms with Crippen molar-refractivity contribution in [3.63, 3.8) is 0 Å². The molecule has 1 N–H and O–H groups in total. The molecule has 0 spiro atoms. The lowest BCUT2D eigenvalue weighted by Crippen LogP contribution is -2.71. The molecule has 0 radical (unpaired) electrons. The summed E-state index contributed by atoms with van der Waals surface area (Å²) in [7, 11) is 5.99. The van der Waals surface area contributed by atoms with Crippen LogP contribution in [0.4, 0.5) is 4.79 Å². The number of nitrogens with one attached hydrogen (secondary N) is 1. The molecule has 0 saturated carbocycles. The van der Waals surface area contributed by atoms with E-state index in [1.54, 1.807) is 0 Å². The van der Waals surface area contributed by atoms with Crippen molar-refractivity contribution in [3.05, 3.63) is 35.9 Å². The number of rotatable bonds is 5. The smallest absolute Gasteiger partial charge is 0.317 e. The van der Waals surface area contributed by atoms with Crippen LogP contribution < -0.4 is 5.32 Å². The molecular formula is C21H33N5O.